The summed E-state index contributed by atoms with van der Waals surface area (Å²) in [4.78, 5) is 14.5. The largest absolute Gasteiger partial charge is 0.415 e. The second kappa shape index (κ2) is 4.95. The Morgan fingerprint density at radius 1 is 1.24 bits per heavy atom. The zero-order chi connectivity index (χ0) is 16.1. The lowest BCUT2D eigenvalue weighted by Gasteiger charge is -2.38. The van der Waals surface area contributed by atoms with E-state index in [1.54, 1.807) is 4.90 Å². The van der Waals surface area contributed by atoms with E-state index in [-0.39, 0.29) is 10.9 Å². The lowest BCUT2D eigenvalue weighted by Crippen LogP contribution is -2.47. The van der Waals surface area contributed by atoms with Gasteiger partial charge in [-0.25, -0.2) is 0 Å². The zero-order valence-electron chi connectivity index (χ0n) is 14.3. The van der Waals surface area contributed by atoms with Gasteiger partial charge in [0, 0.05) is 12.7 Å². The van der Waals surface area contributed by atoms with E-state index in [0.717, 1.165) is 11.3 Å². The molecule has 4 heteroatoms. The molecule has 1 aromatic rings. The SMILES string of the molecule is CN1C(=O)[C@](C)(CO[Si](C)(C)C(C)(C)C)c2ccccc21. The van der Waals surface area contributed by atoms with Gasteiger partial charge in [-0.15, -0.1) is 0 Å². The van der Waals surface area contributed by atoms with Crippen molar-refractivity contribution in [2.75, 3.05) is 18.6 Å². The van der Waals surface area contributed by atoms with Crippen LogP contribution < -0.4 is 4.90 Å². The van der Waals surface area contributed by atoms with Crippen molar-refractivity contribution in [3.63, 3.8) is 0 Å². The maximum atomic E-state index is 12.7. The quantitative estimate of drug-likeness (QED) is 0.792. The fraction of sp³-hybridized carbons (Fsp3) is 0.588. The van der Waals surface area contributed by atoms with Crippen LogP contribution >= 0.6 is 0 Å². The summed E-state index contributed by atoms with van der Waals surface area (Å²) in [6.45, 7) is 13.6. The average molecular weight is 305 g/mol. The summed E-state index contributed by atoms with van der Waals surface area (Å²) in [5.41, 5.74) is 1.51. The number of likely N-dealkylation sites (N-methyl/N-ethyl adjacent to an activating group) is 1. The molecule has 1 atom stereocenters. The van der Waals surface area contributed by atoms with Crippen molar-refractivity contribution >= 4 is 19.9 Å². The predicted octanol–water partition coefficient (Wildman–Crippen LogP) is 3.94. The van der Waals surface area contributed by atoms with E-state index in [1.807, 2.05) is 38.2 Å². The molecule has 0 saturated heterocycles. The van der Waals surface area contributed by atoms with Gasteiger partial charge in [-0.05, 0) is 36.7 Å². The third kappa shape index (κ3) is 2.55. The van der Waals surface area contributed by atoms with Gasteiger partial charge < -0.3 is 9.33 Å². The van der Waals surface area contributed by atoms with Gasteiger partial charge in [0.15, 0.2) is 8.32 Å². The van der Waals surface area contributed by atoms with Crippen molar-refractivity contribution in [3.05, 3.63) is 29.8 Å². The molecule has 1 aromatic carbocycles. The average Bonchev–Trinajstić information content (AvgIpc) is 2.59. The topological polar surface area (TPSA) is 29.5 Å². The number of hydrogen-bond acceptors (Lipinski definition) is 2. The van der Waals surface area contributed by atoms with Crippen molar-refractivity contribution < 1.29 is 9.22 Å². The minimum absolute atomic E-state index is 0.127. The molecular weight excluding hydrogens is 278 g/mol. The van der Waals surface area contributed by atoms with Gasteiger partial charge in [0.25, 0.3) is 0 Å². The fourth-order valence-electron chi connectivity index (χ4n) is 2.51. The standard InChI is InChI=1S/C17H27NO2Si/c1-16(2,3)21(6,7)20-12-17(4)13-10-8-9-11-14(13)18(5)15(17)19/h8-11H,12H2,1-7H3/t17-/m1/s1. The minimum atomic E-state index is -1.86. The first kappa shape index (κ1) is 16.2. The third-order valence-electron chi connectivity index (χ3n) is 5.16. The maximum absolute atomic E-state index is 12.7. The van der Waals surface area contributed by atoms with Gasteiger partial charge in [-0.2, -0.15) is 0 Å². The Kier molecular flexibility index (Phi) is 3.83. The van der Waals surface area contributed by atoms with Crippen LogP contribution in [0.2, 0.25) is 18.1 Å². The number of amides is 1. The van der Waals surface area contributed by atoms with Crippen molar-refractivity contribution in [1.29, 1.82) is 0 Å². The summed E-state index contributed by atoms with van der Waals surface area (Å²) in [5, 5.41) is 0.149. The van der Waals surface area contributed by atoms with Crippen LogP contribution in [0.5, 0.6) is 0 Å². The van der Waals surface area contributed by atoms with Crippen molar-refractivity contribution in [3.8, 4) is 0 Å². The van der Waals surface area contributed by atoms with Gasteiger partial charge in [0.1, 0.15) is 0 Å². The highest BCUT2D eigenvalue weighted by Gasteiger charge is 2.48. The summed E-state index contributed by atoms with van der Waals surface area (Å²) in [6.07, 6.45) is 0. The molecule has 0 aliphatic carbocycles. The van der Waals surface area contributed by atoms with E-state index in [1.165, 1.54) is 0 Å². The highest BCUT2D eigenvalue weighted by molar-refractivity contribution is 6.74. The molecular formula is C17H27NO2Si. The lowest BCUT2D eigenvalue weighted by atomic mass is 9.85. The number of nitrogens with zero attached hydrogens (tertiary/aromatic N) is 1. The maximum Gasteiger partial charge on any atom is 0.239 e. The molecule has 0 unspecified atom stereocenters. The van der Waals surface area contributed by atoms with Crippen molar-refractivity contribution in [1.82, 2.24) is 0 Å². The molecule has 0 saturated carbocycles. The van der Waals surface area contributed by atoms with Gasteiger partial charge >= 0.3 is 0 Å². The van der Waals surface area contributed by atoms with E-state index >= 15 is 0 Å². The van der Waals surface area contributed by atoms with Crippen LogP contribution in [0.25, 0.3) is 0 Å². The Bertz CT molecular complexity index is 562. The normalized spacial score (nSPS) is 22.6. The number of carbonyl (C=O) groups excluding carboxylic acids is 1. The van der Waals surface area contributed by atoms with Gasteiger partial charge in [-0.3, -0.25) is 4.79 Å². The van der Waals surface area contributed by atoms with Gasteiger partial charge in [0.2, 0.25) is 5.91 Å². The fourth-order valence-corrected chi connectivity index (χ4v) is 3.59. The molecule has 1 aliphatic rings. The molecule has 1 amide bonds. The highest BCUT2D eigenvalue weighted by atomic mass is 28.4. The number of anilines is 1. The van der Waals surface area contributed by atoms with Crippen LogP contribution in [-0.2, 0) is 14.6 Å². The van der Waals surface area contributed by atoms with Crippen LogP contribution in [0.3, 0.4) is 0 Å². The van der Waals surface area contributed by atoms with Crippen molar-refractivity contribution in [2.45, 2.75) is 51.2 Å². The molecule has 0 radical (unpaired) electrons. The molecule has 0 N–H and O–H groups in total. The minimum Gasteiger partial charge on any atom is -0.415 e. The Labute approximate surface area is 129 Å². The smallest absolute Gasteiger partial charge is 0.239 e. The third-order valence-corrected chi connectivity index (χ3v) is 9.64. The Morgan fingerprint density at radius 2 is 1.81 bits per heavy atom. The highest BCUT2D eigenvalue weighted by Crippen LogP contribution is 2.43. The number of benzene rings is 1. The van der Waals surface area contributed by atoms with E-state index < -0.39 is 13.7 Å². The van der Waals surface area contributed by atoms with Crippen LogP contribution in [0.1, 0.15) is 33.3 Å². The van der Waals surface area contributed by atoms with Gasteiger partial charge in [-0.1, -0.05) is 39.0 Å². The summed E-state index contributed by atoms with van der Waals surface area (Å²) in [6, 6.07) is 8.02. The number of fused-ring (bicyclic) bond motifs is 1. The Balaban J connectivity index is 2.30. The Morgan fingerprint density at radius 3 is 2.38 bits per heavy atom. The molecule has 1 aliphatic heterocycles. The number of para-hydroxylation sites is 1. The van der Waals surface area contributed by atoms with Crippen molar-refractivity contribution in [2.24, 2.45) is 0 Å². The summed E-state index contributed by atoms with van der Waals surface area (Å²) in [5.74, 6) is 0.127. The summed E-state index contributed by atoms with van der Waals surface area (Å²) >= 11 is 0. The van der Waals surface area contributed by atoms with Gasteiger partial charge in [0.05, 0.1) is 12.0 Å². The molecule has 2 rings (SSSR count). The first-order chi connectivity index (χ1) is 9.51. The number of rotatable bonds is 3. The van der Waals surface area contributed by atoms with Crippen LogP contribution in [0, 0.1) is 0 Å². The second-order valence-electron chi connectivity index (χ2n) is 7.76. The first-order valence-corrected chi connectivity index (χ1v) is 10.4. The lowest BCUT2D eigenvalue weighted by molar-refractivity contribution is -0.123. The van der Waals surface area contributed by atoms with E-state index in [9.17, 15) is 4.79 Å². The van der Waals surface area contributed by atoms with E-state index in [4.69, 9.17) is 4.43 Å². The van der Waals surface area contributed by atoms with E-state index in [0.29, 0.717) is 6.61 Å². The molecule has 21 heavy (non-hydrogen) atoms. The summed E-state index contributed by atoms with van der Waals surface area (Å²) in [7, 11) is -0.0171. The first-order valence-electron chi connectivity index (χ1n) is 7.52. The molecule has 1 heterocycles. The second-order valence-corrected chi connectivity index (χ2v) is 12.6. The predicted molar refractivity (Wildman–Crippen MR) is 90.4 cm³/mol. The van der Waals surface area contributed by atoms with Crippen LogP contribution in [0.4, 0.5) is 5.69 Å². The molecule has 0 spiro atoms. The molecule has 3 nitrogen and oxygen atoms in total. The molecule has 0 aromatic heterocycles. The van der Waals surface area contributed by atoms with Crippen LogP contribution in [-0.4, -0.2) is 27.9 Å². The molecule has 0 bridgehead atoms. The summed E-state index contributed by atoms with van der Waals surface area (Å²) < 4.78 is 6.35. The van der Waals surface area contributed by atoms with Crippen LogP contribution in [0.15, 0.2) is 24.3 Å². The monoisotopic (exact) mass is 305 g/mol. The molecule has 0 fully saturated rings. The molecule has 116 valence electrons. The number of carbonyl (C=O) groups is 1. The van der Waals surface area contributed by atoms with E-state index in [2.05, 4.69) is 33.9 Å². The Hall–Kier alpha value is -1.13. The zero-order valence-corrected chi connectivity index (χ0v) is 15.3. The number of hydrogen-bond donors (Lipinski definition) is 0.